The normalized spacial score (nSPS) is 53.3. The van der Waals surface area contributed by atoms with Gasteiger partial charge < -0.3 is 53.1 Å². The first-order valence-corrected chi connectivity index (χ1v) is 21.3. The van der Waals surface area contributed by atoms with Gasteiger partial charge in [0.2, 0.25) is 0 Å². The minimum Gasteiger partial charge on any atom is -0.378 e. The summed E-state index contributed by atoms with van der Waals surface area (Å²) < 4.78 is 59.4. The Labute approximate surface area is 319 Å². The number of carbonyl (C=O) groups excluding carboxylic acids is 1. The van der Waals surface area contributed by atoms with Crippen LogP contribution in [0.5, 0.6) is 0 Å². The van der Waals surface area contributed by atoms with Gasteiger partial charge in [0, 0.05) is 76.5 Å². The van der Waals surface area contributed by atoms with Gasteiger partial charge in [0.1, 0.15) is 11.9 Å². The first-order valence-electron chi connectivity index (χ1n) is 21.3. The fraction of sp³-hybridized carbons (Fsp3) is 0.881. The predicted molar refractivity (Wildman–Crippen MR) is 194 cm³/mol. The van der Waals surface area contributed by atoms with Gasteiger partial charge in [-0.3, -0.25) is 4.79 Å². The third-order valence-electron chi connectivity index (χ3n) is 14.9. The van der Waals surface area contributed by atoms with E-state index in [4.69, 9.17) is 42.6 Å². The maximum Gasteiger partial charge on any atom is 0.168 e. The highest BCUT2D eigenvalue weighted by atomic mass is 16.7. The lowest BCUT2D eigenvalue weighted by Crippen LogP contribution is -2.81. The Bertz CT molecular complexity index is 1440. The van der Waals surface area contributed by atoms with Gasteiger partial charge in [0.15, 0.2) is 5.79 Å². The molecule has 11 saturated heterocycles. The molecular formula is C42H61NO11. The zero-order valence-electron chi connectivity index (χ0n) is 31.9. The highest BCUT2D eigenvalue weighted by Gasteiger charge is 2.73. The number of Topliss-reactive ketones (excluding diaryl/α,β-unsaturated/α-hetero) is 1. The van der Waals surface area contributed by atoms with E-state index < -0.39 is 5.79 Å². The van der Waals surface area contributed by atoms with Crippen LogP contribution in [0.2, 0.25) is 0 Å². The van der Waals surface area contributed by atoms with E-state index in [2.05, 4.69) is 18.5 Å². The third-order valence-corrected chi connectivity index (χ3v) is 14.9. The average Bonchev–Trinajstić information content (AvgIpc) is 3.66. The number of hydrogen-bond acceptors (Lipinski definition) is 12. The molecule has 12 aliphatic rings. The first kappa shape index (κ1) is 37.0. The fourth-order valence-electron chi connectivity index (χ4n) is 12.1. The Balaban J connectivity index is 0.917. The number of morpholine rings is 1. The lowest BCUT2D eigenvalue weighted by molar-refractivity contribution is -0.444. The van der Waals surface area contributed by atoms with Crippen molar-refractivity contribution in [2.75, 3.05) is 26.8 Å². The van der Waals surface area contributed by atoms with E-state index in [1.54, 1.807) is 7.11 Å². The van der Waals surface area contributed by atoms with Gasteiger partial charge in [0.25, 0.3) is 0 Å². The Kier molecular flexibility index (Phi) is 10.2. The Hall–Kier alpha value is -1.29. The van der Waals surface area contributed by atoms with E-state index in [1.807, 2.05) is 0 Å². The topological polar surface area (TPSA) is 132 Å². The van der Waals surface area contributed by atoms with Crippen molar-refractivity contribution in [1.82, 2.24) is 5.32 Å². The van der Waals surface area contributed by atoms with E-state index in [1.165, 1.54) is 0 Å². The minimum atomic E-state index is -1.36. The van der Waals surface area contributed by atoms with Crippen LogP contribution in [0.25, 0.3) is 0 Å². The quantitative estimate of drug-likeness (QED) is 0.408. The van der Waals surface area contributed by atoms with Crippen molar-refractivity contribution < 1.29 is 52.5 Å². The summed E-state index contributed by atoms with van der Waals surface area (Å²) >= 11 is 0. The van der Waals surface area contributed by atoms with E-state index in [0.29, 0.717) is 51.6 Å². The van der Waals surface area contributed by atoms with Crippen molar-refractivity contribution in [3.05, 3.63) is 24.3 Å². The van der Waals surface area contributed by atoms with Crippen LogP contribution in [0, 0.1) is 17.8 Å². The number of aliphatic hydroxyl groups is 1. The van der Waals surface area contributed by atoms with Crippen LogP contribution < -0.4 is 5.32 Å². The molecule has 2 N–H and O–H groups in total. The highest BCUT2D eigenvalue weighted by Crippen LogP contribution is 2.61. The van der Waals surface area contributed by atoms with Gasteiger partial charge in [-0.15, -0.1) is 0 Å². The molecule has 0 aromatic rings. The van der Waals surface area contributed by atoms with Crippen molar-refractivity contribution in [1.29, 1.82) is 0 Å². The van der Waals surface area contributed by atoms with Crippen LogP contribution >= 0.6 is 0 Å². The molecule has 11 heterocycles. The SMILES string of the molecule is C=C1C[C@@H]2CC[C@@]3(O)C[C@H]4OC5[C@@H]6[C@@H](O[C@H]7CC[C@H](CC(=O)C[C@@H]8[C@@H](OC)[C@@H](C[C@H]9CNCCO9)O[C@H]8C[C@H]8O[C@H](CCC8=C)CC[C@@H]1O2)O[C@@H]7[C@@H]6O3)[C@@H]54. The molecule has 19 atom stereocenters. The van der Waals surface area contributed by atoms with Crippen molar-refractivity contribution in [2.24, 2.45) is 17.8 Å². The minimum absolute atomic E-state index is 0.0155. The smallest absolute Gasteiger partial charge is 0.168 e. The van der Waals surface area contributed by atoms with E-state index in [-0.39, 0.29) is 115 Å². The van der Waals surface area contributed by atoms with Gasteiger partial charge in [0.05, 0.1) is 92.1 Å². The van der Waals surface area contributed by atoms with Crippen LogP contribution in [-0.2, 0) is 47.4 Å². The molecule has 1 aliphatic carbocycles. The summed E-state index contributed by atoms with van der Waals surface area (Å²) in [5.74, 6) is -1.04. The summed E-state index contributed by atoms with van der Waals surface area (Å²) in [6, 6.07) is 0. The lowest BCUT2D eigenvalue weighted by atomic mass is 9.56. The molecule has 54 heavy (non-hydrogen) atoms. The van der Waals surface area contributed by atoms with Crippen LogP contribution in [0.4, 0.5) is 0 Å². The summed E-state index contributed by atoms with van der Waals surface area (Å²) in [4.78, 5) is 14.2. The molecule has 1 saturated carbocycles. The molecule has 300 valence electrons. The predicted octanol–water partition coefficient (Wildman–Crippen LogP) is 3.70. The molecule has 12 heteroatoms. The number of ketones is 1. The van der Waals surface area contributed by atoms with Crippen LogP contribution in [0.15, 0.2) is 24.3 Å². The molecule has 1 unspecified atom stereocenters. The van der Waals surface area contributed by atoms with E-state index in [0.717, 1.165) is 69.2 Å². The summed E-state index contributed by atoms with van der Waals surface area (Å²) in [5.41, 5.74) is 2.21. The van der Waals surface area contributed by atoms with Gasteiger partial charge in [-0.25, -0.2) is 0 Å². The van der Waals surface area contributed by atoms with E-state index in [9.17, 15) is 9.90 Å². The third kappa shape index (κ3) is 6.80. The average molecular weight is 756 g/mol. The number of fused-ring (bicyclic) bond motifs is 6. The van der Waals surface area contributed by atoms with Crippen LogP contribution in [0.1, 0.15) is 89.9 Å². The molecule has 11 aliphatic heterocycles. The van der Waals surface area contributed by atoms with E-state index >= 15 is 0 Å². The first-order chi connectivity index (χ1) is 26.2. The summed E-state index contributed by atoms with van der Waals surface area (Å²) in [7, 11) is 1.74. The largest absolute Gasteiger partial charge is 0.378 e. The van der Waals surface area contributed by atoms with Gasteiger partial charge in [-0.2, -0.15) is 0 Å². The molecule has 0 aromatic heterocycles. The molecule has 0 radical (unpaired) electrons. The maximum atomic E-state index is 14.2. The second kappa shape index (κ2) is 14.8. The highest BCUT2D eigenvalue weighted by molar-refractivity contribution is 5.79. The Morgan fingerprint density at radius 3 is 2.44 bits per heavy atom. The lowest BCUT2D eigenvalue weighted by Gasteiger charge is -2.70. The Morgan fingerprint density at radius 1 is 0.796 bits per heavy atom. The standard InChI is InChI=1S/C42H61NO11/c1-21-4-5-24-6-8-29-22(2)14-26(49-29)10-11-42(45)19-34-35-39-36(40(35)53-34)41(54-42)38-30(52-39)9-7-25(50-38)15-23(44)16-28-32(18-31(21)48-24)51-33(37(28)46-3)17-27-20-43-12-13-47-27/h24-41,43,45H,1-2,4-20H2,3H3/t24-,25-,26+,27+,28+,29+,30+,31-,32+,33-,34-,35+,36+,37-,38+,39+,40?,41-,42+/m1/s1. The molecule has 12 fully saturated rings. The zero-order chi connectivity index (χ0) is 36.7. The summed E-state index contributed by atoms with van der Waals surface area (Å²) in [6.07, 6.45) is 7.54. The number of methoxy groups -OCH3 is 1. The monoisotopic (exact) mass is 755 g/mol. The number of nitrogens with one attached hydrogen (secondary N) is 1. The number of carbonyl (C=O) groups is 1. The molecule has 0 spiro atoms. The summed E-state index contributed by atoms with van der Waals surface area (Å²) in [5, 5.41) is 15.6. The Morgan fingerprint density at radius 2 is 1.61 bits per heavy atom. The number of hydrogen-bond donors (Lipinski definition) is 2. The molecule has 0 amide bonds. The summed E-state index contributed by atoms with van der Waals surface area (Å²) in [6.45, 7) is 11.2. The zero-order valence-corrected chi connectivity index (χ0v) is 31.9. The fourth-order valence-corrected chi connectivity index (χ4v) is 12.1. The molecule has 0 aromatic carbocycles. The molecule has 12 nitrogen and oxygen atoms in total. The second-order valence-corrected chi connectivity index (χ2v) is 18.3. The second-order valence-electron chi connectivity index (χ2n) is 18.3. The molecule has 13 bridgehead atoms. The van der Waals surface area contributed by atoms with Crippen molar-refractivity contribution in [3.63, 3.8) is 0 Å². The maximum absolute atomic E-state index is 14.2. The van der Waals surface area contributed by atoms with Crippen LogP contribution in [0.3, 0.4) is 0 Å². The van der Waals surface area contributed by atoms with Crippen LogP contribution in [-0.4, -0.2) is 135 Å². The number of rotatable bonds is 3. The number of ether oxygens (including phenoxy) is 9. The molecular weight excluding hydrogens is 694 g/mol. The van der Waals surface area contributed by atoms with Crippen molar-refractivity contribution in [3.8, 4) is 0 Å². The van der Waals surface area contributed by atoms with Gasteiger partial charge in [-0.1, -0.05) is 13.2 Å². The van der Waals surface area contributed by atoms with Gasteiger partial charge >= 0.3 is 0 Å². The van der Waals surface area contributed by atoms with Crippen molar-refractivity contribution >= 4 is 5.78 Å². The molecule has 12 rings (SSSR count). The van der Waals surface area contributed by atoms with Gasteiger partial charge in [-0.05, 0) is 62.5 Å². The van der Waals surface area contributed by atoms with Crippen molar-refractivity contribution in [2.45, 2.75) is 187 Å².